The molecule has 0 fully saturated rings. The zero-order valence-corrected chi connectivity index (χ0v) is 11.8. The Balaban J connectivity index is 2.97. The van der Waals surface area contributed by atoms with Gasteiger partial charge in [-0.1, -0.05) is 13.8 Å². The molecular weight excluding hydrogens is 255 g/mol. The Kier molecular flexibility index (Phi) is 3.80. The zero-order chi connectivity index (χ0) is 14.9. The van der Waals surface area contributed by atoms with E-state index in [1.807, 2.05) is 32.9 Å². The number of nitriles is 1. The van der Waals surface area contributed by atoms with Crippen molar-refractivity contribution in [2.45, 2.75) is 26.7 Å². The van der Waals surface area contributed by atoms with Gasteiger partial charge in [-0.15, -0.1) is 0 Å². The normalized spacial score (nSPS) is 10.8. The second-order valence-corrected chi connectivity index (χ2v) is 4.97. The van der Waals surface area contributed by atoms with E-state index in [1.165, 1.54) is 6.07 Å². The van der Waals surface area contributed by atoms with Gasteiger partial charge in [-0.2, -0.15) is 5.26 Å². The van der Waals surface area contributed by atoms with Crippen molar-refractivity contribution in [2.24, 2.45) is 0 Å². The van der Waals surface area contributed by atoms with Crippen LogP contribution in [0.3, 0.4) is 0 Å². The SMILES string of the molecule is CCOc1c(C#N)c(F)cc2cc(N)cc(C(C)C)c12. The van der Waals surface area contributed by atoms with Gasteiger partial charge >= 0.3 is 0 Å². The minimum atomic E-state index is -0.580. The molecule has 2 rings (SSSR count). The zero-order valence-electron chi connectivity index (χ0n) is 11.8. The van der Waals surface area contributed by atoms with Gasteiger partial charge < -0.3 is 10.5 Å². The lowest BCUT2D eigenvalue weighted by Gasteiger charge is -2.17. The second-order valence-electron chi connectivity index (χ2n) is 4.97. The lowest BCUT2D eigenvalue weighted by Crippen LogP contribution is -2.02. The monoisotopic (exact) mass is 272 g/mol. The number of ether oxygens (including phenoxy) is 1. The van der Waals surface area contributed by atoms with Gasteiger partial charge in [0.1, 0.15) is 23.2 Å². The highest BCUT2D eigenvalue weighted by atomic mass is 19.1. The van der Waals surface area contributed by atoms with Crippen LogP contribution < -0.4 is 10.5 Å². The molecular formula is C16H17FN2O. The van der Waals surface area contributed by atoms with Crippen LogP contribution in [0.2, 0.25) is 0 Å². The van der Waals surface area contributed by atoms with Gasteiger partial charge in [0.15, 0.2) is 0 Å². The molecule has 0 aliphatic heterocycles. The van der Waals surface area contributed by atoms with Crippen LogP contribution in [-0.2, 0) is 0 Å². The van der Waals surface area contributed by atoms with Crippen molar-refractivity contribution < 1.29 is 9.13 Å². The molecule has 0 spiro atoms. The summed E-state index contributed by atoms with van der Waals surface area (Å²) in [4.78, 5) is 0. The van der Waals surface area contributed by atoms with Gasteiger partial charge in [0.25, 0.3) is 0 Å². The molecule has 0 bridgehead atoms. The molecule has 2 N–H and O–H groups in total. The summed E-state index contributed by atoms with van der Waals surface area (Å²) < 4.78 is 19.6. The standard InChI is InChI=1S/C16H17FN2O/c1-4-20-16-13(8-18)14(17)6-10-5-11(19)7-12(9(2)3)15(10)16/h5-7,9H,4,19H2,1-3H3. The second kappa shape index (κ2) is 5.38. The van der Waals surface area contributed by atoms with E-state index >= 15 is 0 Å². The minimum absolute atomic E-state index is 0.0500. The number of hydrogen-bond acceptors (Lipinski definition) is 3. The number of halogens is 1. The maximum Gasteiger partial charge on any atom is 0.148 e. The summed E-state index contributed by atoms with van der Waals surface area (Å²) >= 11 is 0. The number of nitrogens with two attached hydrogens (primary N) is 1. The molecule has 0 unspecified atom stereocenters. The molecule has 0 aliphatic carbocycles. The van der Waals surface area contributed by atoms with Crippen LogP contribution in [0.5, 0.6) is 5.75 Å². The molecule has 104 valence electrons. The third-order valence-corrected chi connectivity index (χ3v) is 3.22. The third-order valence-electron chi connectivity index (χ3n) is 3.22. The number of nitrogen functional groups attached to an aromatic ring is 1. The van der Waals surface area contributed by atoms with Crippen LogP contribution >= 0.6 is 0 Å². The molecule has 0 heterocycles. The predicted molar refractivity (Wildman–Crippen MR) is 78.3 cm³/mol. The third kappa shape index (κ3) is 2.27. The van der Waals surface area contributed by atoms with Gasteiger partial charge in [0.2, 0.25) is 0 Å². The largest absolute Gasteiger partial charge is 0.492 e. The topological polar surface area (TPSA) is 59.0 Å². The number of hydrogen-bond donors (Lipinski definition) is 1. The van der Waals surface area contributed by atoms with E-state index in [0.717, 1.165) is 10.9 Å². The van der Waals surface area contributed by atoms with E-state index in [2.05, 4.69) is 0 Å². The first-order valence-corrected chi connectivity index (χ1v) is 6.58. The molecule has 0 aliphatic rings. The lowest BCUT2D eigenvalue weighted by atomic mass is 9.93. The highest BCUT2D eigenvalue weighted by Crippen LogP contribution is 2.38. The summed E-state index contributed by atoms with van der Waals surface area (Å²) in [6.07, 6.45) is 0. The summed E-state index contributed by atoms with van der Waals surface area (Å²) in [5.41, 5.74) is 7.36. The van der Waals surface area contributed by atoms with Crippen molar-refractivity contribution in [3.63, 3.8) is 0 Å². The fourth-order valence-corrected chi connectivity index (χ4v) is 2.38. The van der Waals surface area contributed by atoms with E-state index in [9.17, 15) is 9.65 Å². The molecule has 20 heavy (non-hydrogen) atoms. The van der Waals surface area contributed by atoms with Crippen LogP contribution in [0.4, 0.5) is 10.1 Å². The summed E-state index contributed by atoms with van der Waals surface area (Å²) in [6, 6.07) is 6.79. The van der Waals surface area contributed by atoms with Gasteiger partial charge in [-0.25, -0.2) is 4.39 Å². The average molecular weight is 272 g/mol. The Hall–Kier alpha value is -2.28. The van der Waals surface area contributed by atoms with Crippen molar-refractivity contribution in [1.29, 1.82) is 5.26 Å². The maximum atomic E-state index is 14.0. The first-order valence-electron chi connectivity index (χ1n) is 6.58. The van der Waals surface area contributed by atoms with E-state index < -0.39 is 5.82 Å². The summed E-state index contributed by atoms with van der Waals surface area (Å²) in [5, 5.41) is 10.6. The molecule has 3 nitrogen and oxygen atoms in total. The summed E-state index contributed by atoms with van der Waals surface area (Å²) in [7, 11) is 0. The molecule has 0 atom stereocenters. The number of anilines is 1. The summed E-state index contributed by atoms with van der Waals surface area (Å²) in [5.74, 6) is -0.0744. The first-order chi connectivity index (χ1) is 9.49. The van der Waals surface area contributed by atoms with Crippen molar-refractivity contribution in [2.75, 3.05) is 12.3 Å². The Morgan fingerprint density at radius 1 is 1.35 bits per heavy atom. The van der Waals surface area contributed by atoms with E-state index in [1.54, 1.807) is 6.07 Å². The molecule has 0 saturated heterocycles. The van der Waals surface area contributed by atoms with Crippen LogP contribution in [0.25, 0.3) is 10.8 Å². The average Bonchev–Trinajstić information content (AvgIpc) is 2.37. The summed E-state index contributed by atoms with van der Waals surface area (Å²) in [6.45, 7) is 6.23. The van der Waals surface area contributed by atoms with Gasteiger partial charge in [0.05, 0.1) is 6.61 Å². The van der Waals surface area contributed by atoms with Crippen molar-refractivity contribution in [1.82, 2.24) is 0 Å². The quantitative estimate of drug-likeness (QED) is 0.860. The fraction of sp³-hybridized carbons (Fsp3) is 0.312. The highest BCUT2D eigenvalue weighted by molar-refractivity contribution is 5.96. The van der Waals surface area contributed by atoms with Gasteiger partial charge in [-0.05, 0) is 42.0 Å². The smallest absolute Gasteiger partial charge is 0.148 e. The van der Waals surface area contributed by atoms with Gasteiger partial charge in [0, 0.05) is 11.1 Å². The molecule has 0 radical (unpaired) electrons. The van der Waals surface area contributed by atoms with Crippen molar-refractivity contribution >= 4 is 16.5 Å². The number of nitrogens with zero attached hydrogens (tertiary/aromatic N) is 1. The highest BCUT2D eigenvalue weighted by Gasteiger charge is 2.19. The predicted octanol–water partition coefficient (Wildman–Crippen LogP) is 3.95. The Labute approximate surface area is 117 Å². The lowest BCUT2D eigenvalue weighted by molar-refractivity contribution is 0.341. The van der Waals surface area contributed by atoms with E-state index in [0.29, 0.717) is 23.4 Å². The maximum absolute atomic E-state index is 14.0. The Morgan fingerprint density at radius 2 is 2.05 bits per heavy atom. The van der Waals surface area contributed by atoms with E-state index in [-0.39, 0.29) is 11.5 Å². The van der Waals surface area contributed by atoms with Crippen LogP contribution in [-0.4, -0.2) is 6.61 Å². The Bertz CT molecular complexity index is 702. The molecule has 0 aromatic heterocycles. The fourth-order valence-electron chi connectivity index (χ4n) is 2.38. The van der Waals surface area contributed by atoms with Crippen molar-refractivity contribution in [3.8, 4) is 11.8 Å². The van der Waals surface area contributed by atoms with Crippen LogP contribution in [0, 0.1) is 17.1 Å². The Morgan fingerprint density at radius 3 is 2.60 bits per heavy atom. The molecule has 4 heteroatoms. The molecule has 0 amide bonds. The molecule has 0 saturated carbocycles. The number of rotatable bonds is 3. The van der Waals surface area contributed by atoms with Crippen molar-refractivity contribution in [3.05, 3.63) is 35.1 Å². The van der Waals surface area contributed by atoms with Gasteiger partial charge in [-0.3, -0.25) is 0 Å². The number of benzene rings is 2. The van der Waals surface area contributed by atoms with Crippen LogP contribution in [0.15, 0.2) is 18.2 Å². The van der Waals surface area contributed by atoms with E-state index in [4.69, 9.17) is 10.5 Å². The first kappa shape index (κ1) is 14.1. The minimum Gasteiger partial charge on any atom is -0.492 e. The number of fused-ring (bicyclic) bond motifs is 1. The molecule has 2 aromatic rings. The van der Waals surface area contributed by atoms with Crippen LogP contribution in [0.1, 0.15) is 37.8 Å². The molecule has 2 aromatic carbocycles.